The standard InChI is InChI=1S/C11H21N/c12-8-2-1-5-11-6-3-10(9-11)4-7-11/h10H,1-9,12H2. The molecular weight excluding hydrogens is 146 g/mol. The lowest BCUT2D eigenvalue weighted by Gasteiger charge is -2.26. The Kier molecular flexibility index (Phi) is 2.40. The van der Waals surface area contributed by atoms with E-state index in [2.05, 4.69) is 0 Å². The average molecular weight is 167 g/mol. The Morgan fingerprint density at radius 3 is 2.42 bits per heavy atom. The fraction of sp³-hybridized carbons (Fsp3) is 1.00. The predicted octanol–water partition coefficient (Wildman–Crippen LogP) is 2.70. The van der Waals surface area contributed by atoms with E-state index in [1.54, 1.807) is 6.42 Å². The van der Waals surface area contributed by atoms with Crippen molar-refractivity contribution in [3.8, 4) is 0 Å². The molecule has 0 aromatic carbocycles. The lowest BCUT2D eigenvalue weighted by Crippen LogP contribution is -2.14. The number of nitrogens with two attached hydrogens (primary N) is 1. The lowest BCUT2D eigenvalue weighted by atomic mass is 9.80. The van der Waals surface area contributed by atoms with E-state index in [9.17, 15) is 0 Å². The zero-order valence-electron chi connectivity index (χ0n) is 8.02. The van der Waals surface area contributed by atoms with Crippen LogP contribution in [0.1, 0.15) is 51.4 Å². The molecule has 1 nitrogen and oxygen atoms in total. The number of hydrogen-bond acceptors (Lipinski definition) is 1. The summed E-state index contributed by atoms with van der Waals surface area (Å²) in [5, 5.41) is 0. The minimum Gasteiger partial charge on any atom is -0.330 e. The van der Waals surface area contributed by atoms with E-state index in [1.165, 1.54) is 44.9 Å². The molecule has 2 rings (SSSR count). The molecule has 0 heterocycles. The molecule has 0 spiro atoms. The van der Waals surface area contributed by atoms with Gasteiger partial charge in [0.15, 0.2) is 0 Å². The molecule has 0 aliphatic heterocycles. The van der Waals surface area contributed by atoms with Crippen LogP contribution in [0, 0.1) is 11.3 Å². The highest BCUT2D eigenvalue weighted by Crippen LogP contribution is 2.56. The van der Waals surface area contributed by atoms with E-state index in [0.29, 0.717) is 0 Å². The molecule has 70 valence electrons. The largest absolute Gasteiger partial charge is 0.330 e. The zero-order valence-corrected chi connectivity index (χ0v) is 8.02. The summed E-state index contributed by atoms with van der Waals surface area (Å²) in [5.41, 5.74) is 6.31. The molecule has 0 saturated heterocycles. The Bertz CT molecular complexity index is 145. The molecule has 2 saturated carbocycles. The van der Waals surface area contributed by atoms with Crippen molar-refractivity contribution in [2.45, 2.75) is 51.4 Å². The maximum absolute atomic E-state index is 5.51. The van der Waals surface area contributed by atoms with Crippen LogP contribution in [-0.2, 0) is 0 Å². The van der Waals surface area contributed by atoms with Crippen LogP contribution >= 0.6 is 0 Å². The maximum Gasteiger partial charge on any atom is -0.00773 e. The van der Waals surface area contributed by atoms with Crippen molar-refractivity contribution in [3.63, 3.8) is 0 Å². The van der Waals surface area contributed by atoms with Gasteiger partial charge in [0.2, 0.25) is 0 Å². The Labute approximate surface area is 75.7 Å². The van der Waals surface area contributed by atoms with Crippen LogP contribution in [0.4, 0.5) is 0 Å². The first-order valence-electron chi connectivity index (χ1n) is 5.55. The van der Waals surface area contributed by atoms with Gasteiger partial charge in [-0.1, -0.05) is 6.42 Å². The first kappa shape index (κ1) is 8.55. The topological polar surface area (TPSA) is 26.0 Å². The molecule has 0 aromatic rings. The van der Waals surface area contributed by atoms with E-state index in [0.717, 1.165) is 17.9 Å². The van der Waals surface area contributed by atoms with Crippen molar-refractivity contribution in [1.29, 1.82) is 0 Å². The van der Waals surface area contributed by atoms with Gasteiger partial charge in [0.1, 0.15) is 0 Å². The minimum absolute atomic E-state index is 0.805. The fourth-order valence-corrected chi connectivity index (χ4v) is 3.31. The molecule has 0 atom stereocenters. The summed E-state index contributed by atoms with van der Waals surface area (Å²) in [6.45, 7) is 0.888. The number of unbranched alkanes of at least 4 members (excludes halogenated alkanes) is 1. The molecule has 2 fully saturated rings. The summed E-state index contributed by atoms with van der Waals surface area (Å²) in [4.78, 5) is 0. The molecule has 2 bridgehead atoms. The average Bonchev–Trinajstić information content (AvgIpc) is 2.64. The first-order chi connectivity index (χ1) is 5.85. The second-order valence-electron chi connectivity index (χ2n) is 4.89. The lowest BCUT2D eigenvalue weighted by molar-refractivity contribution is 0.262. The molecule has 12 heavy (non-hydrogen) atoms. The van der Waals surface area contributed by atoms with Crippen molar-refractivity contribution in [2.24, 2.45) is 17.1 Å². The highest BCUT2D eigenvalue weighted by Gasteiger charge is 2.43. The van der Waals surface area contributed by atoms with Gasteiger partial charge in [-0.15, -0.1) is 0 Å². The van der Waals surface area contributed by atoms with Gasteiger partial charge in [0.25, 0.3) is 0 Å². The van der Waals surface area contributed by atoms with Crippen LogP contribution in [0.25, 0.3) is 0 Å². The monoisotopic (exact) mass is 167 g/mol. The molecule has 2 N–H and O–H groups in total. The van der Waals surface area contributed by atoms with Gasteiger partial charge in [-0.2, -0.15) is 0 Å². The number of hydrogen-bond donors (Lipinski definition) is 1. The summed E-state index contributed by atoms with van der Waals surface area (Å²) in [5.74, 6) is 1.11. The van der Waals surface area contributed by atoms with Gasteiger partial charge in [-0.3, -0.25) is 0 Å². The van der Waals surface area contributed by atoms with Crippen molar-refractivity contribution in [2.75, 3.05) is 6.54 Å². The van der Waals surface area contributed by atoms with E-state index >= 15 is 0 Å². The second-order valence-corrected chi connectivity index (χ2v) is 4.89. The summed E-state index contributed by atoms with van der Waals surface area (Å²) in [6, 6.07) is 0. The molecular formula is C11H21N. The first-order valence-corrected chi connectivity index (χ1v) is 5.55. The molecule has 0 amide bonds. The Hall–Kier alpha value is -0.0400. The quantitative estimate of drug-likeness (QED) is 0.640. The molecule has 2 aliphatic carbocycles. The molecule has 2 aliphatic rings. The number of rotatable bonds is 4. The molecule has 0 unspecified atom stereocenters. The SMILES string of the molecule is NCCCCC12CCC(CC1)C2. The van der Waals surface area contributed by atoms with Gasteiger partial charge in [-0.05, 0) is 62.8 Å². The van der Waals surface area contributed by atoms with Crippen LogP contribution in [0.3, 0.4) is 0 Å². The summed E-state index contributed by atoms with van der Waals surface area (Å²) in [6.07, 6.45) is 11.8. The third kappa shape index (κ3) is 1.52. The highest BCUT2D eigenvalue weighted by molar-refractivity contribution is 4.95. The third-order valence-corrected chi connectivity index (χ3v) is 4.05. The Morgan fingerprint density at radius 1 is 1.17 bits per heavy atom. The van der Waals surface area contributed by atoms with E-state index in [1.807, 2.05) is 0 Å². The van der Waals surface area contributed by atoms with Gasteiger partial charge < -0.3 is 5.73 Å². The normalized spacial score (nSPS) is 39.2. The number of fused-ring (bicyclic) bond motifs is 2. The van der Waals surface area contributed by atoms with Crippen molar-refractivity contribution in [1.82, 2.24) is 0 Å². The second kappa shape index (κ2) is 3.37. The van der Waals surface area contributed by atoms with Crippen molar-refractivity contribution < 1.29 is 0 Å². The Morgan fingerprint density at radius 2 is 1.92 bits per heavy atom. The van der Waals surface area contributed by atoms with Gasteiger partial charge in [-0.25, -0.2) is 0 Å². The van der Waals surface area contributed by atoms with Crippen LogP contribution in [0.2, 0.25) is 0 Å². The Balaban J connectivity index is 1.78. The van der Waals surface area contributed by atoms with Crippen LogP contribution in [-0.4, -0.2) is 6.54 Å². The molecule has 0 aromatic heterocycles. The maximum atomic E-state index is 5.51. The third-order valence-electron chi connectivity index (χ3n) is 4.05. The summed E-state index contributed by atoms with van der Waals surface area (Å²) < 4.78 is 0. The smallest absolute Gasteiger partial charge is 0.00773 e. The van der Waals surface area contributed by atoms with Crippen molar-refractivity contribution in [3.05, 3.63) is 0 Å². The summed E-state index contributed by atoms with van der Waals surface area (Å²) in [7, 11) is 0. The summed E-state index contributed by atoms with van der Waals surface area (Å²) >= 11 is 0. The van der Waals surface area contributed by atoms with Gasteiger partial charge >= 0.3 is 0 Å². The van der Waals surface area contributed by atoms with E-state index in [4.69, 9.17) is 5.73 Å². The van der Waals surface area contributed by atoms with E-state index < -0.39 is 0 Å². The van der Waals surface area contributed by atoms with Crippen LogP contribution in [0.5, 0.6) is 0 Å². The van der Waals surface area contributed by atoms with E-state index in [-0.39, 0.29) is 0 Å². The molecule has 1 heteroatoms. The predicted molar refractivity (Wildman–Crippen MR) is 51.9 cm³/mol. The van der Waals surface area contributed by atoms with Crippen LogP contribution < -0.4 is 5.73 Å². The zero-order chi connectivity index (χ0) is 8.44. The van der Waals surface area contributed by atoms with Crippen LogP contribution in [0.15, 0.2) is 0 Å². The van der Waals surface area contributed by atoms with Gasteiger partial charge in [0.05, 0.1) is 0 Å². The fourth-order valence-electron chi connectivity index (χ4n) is 3.31. The highest BCUT2D eigenvalue weighted by atomic mass is 14.5. The van der Waals surface area contributed by atoms with Crippen molar-refractivity contribution >= 4 is 0 Å². The minimum atomic E-state index is 0.805. The van der Waals surface area contributed by atoms with Gasteiger partial charge in [0, 0.05) is 0 Å². The molecule has 0 radical (unpaired) electrons.